The van der Waals surface area contributed by atoms with Gasteiger partial charge in [-0.05, 0) is 37.5 Å². The Hall–Kier alpha value is -0.510. The first kappa shape index (κ1) is 12.9. The minimum absolute atomic E-state index is 0.169. The topological polar surface area (TPSA) is 35.2 Å². The van der Waals surface area contributed by atoms with Gasteiger partial charge in [-0.2, -0.15) is 0 Å². The quantitative estimate of drug-likeness (QED) is 0.891. The van der Waals surface area contributed by atoms with Crippen molar-refractivity contribution < 1.29 is 4.74 Å². The summed E-state index contributed by atoms with van der Waals surface area (Å²) in [4.78, 5) is 1.32. The largest absolute Gasteiger partial charge is 0.377 e. The Kier molecular flexibility index (Phi) is 4.48. The van der Waals surface area contributed by atoms with Crippen molar-refractivity contribution in [3.05, 3.63) is 29.8 Å². The second-order valence-corrected chi connectivity index (χ2v) is 5.92. The van der Waals surface area contributed by atoms with E-state index in [2.05, 4.69) is 38.1 Å². The lowest BCUT2D eigenvalue weighted by Gasteiger charge is -2.14. The van der Waals surface area contributed by atoms with Gasteiger partial charge < -0.3 is 10.5 Å². The first-order chi connectivity index (χ1) is 8.20. The molecule has 17 heavy (non-hydrogen) atoms. The summed E-state index contributed by atoms with van der Waals surface area (Å²) in [6.45, 7) is 5.18. The van der Waals surface area contributed by atoms with E-state index in [1.807, 2.05) is 11.8 Å². The molecule has 3 atom stereocenters. The summed E-state index contributed by atoms with van der Waals surface area (Å²) in [5.74, 6) is 0. The summed E-state index contributed by atoms with van der Waals surface area (Å²) >= 11 is 1.92. The predicted octanol–water partition coefficient (Wildman–Crippen LogP) is 3.37. The zero-order valence-corrected chi connectivity index (χ0v) is 11.4. The highest BCUT2D eigenvalue weighted by molar-refractivity contribution is 8.00. The minimum Gasteiger partial charge on any atom is -0.377 e. The van der Waals surface area contributed by atoms with Gasteiger partial charge in [0.2, 0.25) is 0 Å². The Bertz CT molecular complexity index is 352. The molecule has 0 radical (unpaired) electrons. The third kappa shape index (κ3) is 3.24. The zero-order chi connectivity index (χ0) is 12.3. The second kappa shape index (κ2) is 5.89. The van der Waals surface area contributed by atoms with Gasteiger partial charge in [-0.3, -0.25) is 0 Å². The van der Waals surface area contributed by atoms with Crippen LogP contribution >= 0.6 is 11.8 Å². The maximum Gasteiger partial charge on any atom is 0.0669 e. The summed E-state index contributed by atoms with van der Waals surface area (Å²) in [5, 5.41) is 0.598. The number of thioether (sulfide) groups is 1. The smallest absolute Gasteiger partial charge is 0.0669 e. The van der Waals surface area contributed by atoms with Crippen molar-refractivity contribution >= 4 is 11.8 Å². The molecular formula is C14H21NOS. The molecule has 2 N–H and O–H groups in total. The van der Waals surface area contributed by atoms with Crippen molar-refractivity contribution in [1.82, 2.24) is 0 Å². The third-order valence-corrected chi connectivity index (χ3v) is 4.81. The molecular weight excluding hydrogens is 230 g/mol. The molecule has 0 amide bonds. The van der Waals surface area contributed by atoms with Crippen LogP contribution in [0.5, 0.6) is 0 Å². The number of hydrogen-bond acceptors (Lipinski definition) is 3. The maximum absolute atomic E-state index is 6.00. The zero-order valence-electron chi connectivity index (χ0n) is 10.6. The summed E-state index contributed by atoms with van der Waals surface area (Å²) in [7, 11) is 0. The molecule has 2 nitrogen and oxygen atoms in total. The Labute approximate surface area is 108 Å². The van der Waals surface area contributed by atoms with Crippen molar-refractivity contribution in [3.63, 3.8) is 0 Å². The number of rotatable bonds is 4. The molecule has 3 heteroatoms. The monoisotopic (exact) mass is 251 g/mol. The van der Waals surface area contributed by atoms with E-state index in [4.69, 9.17) is 10.5 Å². The van der Waals surface area contributed by atoms with Crippen LogP contribution in [0.1, 0.15) is 38.3 Å². The molecule has 0 bridgehead atoms. The molecule has 1 aromatic carbocycles. The summed E-state index contributed by atoms with van der Waals surface area (Å²) in [6, 6.07) is 8.83. The molecule has 0 aromatic heterocycles. The Morgan fingerprint density at radius 2 is 2.12 bits per heavy atom. The number of hydrogen-bond donors (Lipinski definition) is 1. The molecule has 0 saturated carbocycles. The molecule has 0 aliphatic carbocycles. The molecule has 94 valence electrons. The lowest BCUT2D eigenvalue weighted by molar-refractivity contribution is 0.127. The fourth-order valence-electron chi connectivity index (χ4n) is 2.07. The fraction of sp³-hybridized carbons (Fsp3) is 0.571. The summed E-state index contributed by atoms with van der Waals surface area (Å²) < 4.78 is 5.58. The van der Waals surface area contributed by atoms with Gasteiger partial charge in [0.15, 0.2) is 0 Å². The molecule has 1 saturated heterocycles. The van der Waals surface area contributed by atoms with E-state index in [0.29, 0.717) is 11.4 Å². The molecule has 2 rings (SSSR count). The normalized spacial score (nSPS) is 26.1. The van der Waals surface area contributed by atoms with Gasteiger partial charge >= 0.3 is 0 Å². The van der Waals surface area contributed by atoms with Gasteiger partial charge in [0.25, 0.3) is 0 Å². The second-order valence-electron chi connectivity index (χ2n) is 4.60. The molecule has 3 unspecified atom stereocenters. The minimum atomic E-state index is 0.169. The third-order valence-electron chi connectivity index (χ3n) is 3.34. The van der Waals surface area contributed by atoms with Crippen molar-refractivity contribution in [3.8, 4) is 0 Å². The van der Waals surface area contributed by atoms with E-state index in [9.17, 15) is 0 Å². The van der Waals surface area contributed by atoms with Gasteiger partial charge in [0.05, 0.1) is 6.10 Å². The van der Waals surface area contributed by atoms with Crippen molar-refractivity contribution in [2.75, 3.05) is 6.61 Å². The SMILES string of the molecule is CCC(N)c1ccc(SC2CCOC2C)cc1. The highest BCUT2D eigenvalue weighted by Gasteiger charge is 2.24. The molecule has 1 heterocycles. The van der Waals surface area contributed by atoms with E-state index < -0.39 is 0 Å². The van der Waals surface area contributed by atoms with Gasteiger partial charge in [-0.15, -0.1) is 11.8 Å². The van der Waals surface area contributed by atoms with Crippen molar-refractivity contribution in [2.24, 2.45) is 5.73 Å². The van der Waals surface area contributed by atoms with Crippen LogP contribution in [0.2, 0.25) is 0 Å². The van der Waals surface area contributed by atoms with E-state index in [1.54, 1.807) is 0 Å². The first-order valence-electron chi connectivity index (χ1n) is 6.34. The predicted molar refractivity (Wildman–Crippen MR) is 73.3 cm³/mol. The molecule has 1 fully saturated rings. The Balaban J connectivity index is 1.98. The lowest BCUT2D eigenvalue weighted by Crippen LogP contribution is -2.13. The van der Waals surface area contributed by atoms with E-state index in [0.717, 1.165) is 19.4 Å². The van der Waals surface area contributed by atoms with Crippen LogP contribution in [0.25, 0.3) is 0 Å². The summed E-state index contributed by atoms with van der Waals surface area (Å²) in [6.07, 6.45) is 2.51. The first-order valence-corrected chi connectivity index (χ1v) is 7.22. The Morgan fingerprint density at radius 3 is 2.65 bits per heavy atom. The van der Waals surface area contributed by atoms with Crippen LogP contribution in [-0.4, -0.2) is 18.0 Å². The fourth-order valence-corrected chi connectivity index (χ4v) is 3.20. The maximum atomic E-state index is 6.00. The van der Waals surface area contributed by atoms with Crippen LogP contribution in [0.4, 0.5) is 0 Å². The van der Waals surface area contributed by atoms with Crippen molar-refractivity contribution in [2.45, 2.75) is 49.0 Å². The average Bonchev–Trinajstić information content (AvgIpc) is 2.75. The van der Waals surface area contributed by atoms with E-state index in [1.165, 1.54) is 10.5 Å². The Morgan fingerprint density at radius 1 is 1.41 bits per heavy atom. The molecule has 1 aromatic rings. The van der Waals surface area contributed by atoms with Crippen LogP contribution in [0.3, 0.4) is 0 Å². The van der Waals surface area contributed by atoms with Gasteiger partial charge in [-0.1, -0.05) is 19.1 Å². The van der Waals surface area contributed by atoms with Gasteiger partial charge in [0, 0.05) is 22.8 Å². The van der Waals surface area contributed by atoms with Crippen LogP contribution < -0.4 is 5.73 Å². The van der Waals surface area contributed by atoms with Crippen LogP contribution in [0, 0.1) is 0 Å². The summed E-state index contributed by atoms with van der Waals surface area (Å²) in [5.41, 5.74) is 7.23. The molecule has 1 aliphatic heterocycles. The number of benzene rings is 1. The van der Waals surface area contributed by atoms with Crippen LogP contribution in [0.15, 0.2) is 29.2 Å². The van der Waals surface area contributed by atoms with E-state index >= 15 is 0 Å². The average molecular weight is 251 g/mol. The van der Waals surface area contributed by atoms with E-state index in [-0.39, 0.29) is 6.04 Å². The van der Waals surface area contributed by atoms with Crippen molar-refractivity contribution in [1.29, 1.82) is 0 Å². The number of nitrogens with two attached hydrogens (primary N) is 1. The standard InChI is InChI=1S/C14H21NOS/c1-3-13(15)11-4-6-12(7-5-11)17-14-8-9-16-10(14)2/h4-7,10,13-14H,3,8-9,15H2,1-2H3. The molecule has 1 aliphatic rings. The highest BCUT2D eigenvalue weighted by Crippen LogP contribution is 2.32. The number of ether oxygens (including phenoxy) is 1. The highest BCUT2D eigenvalue weighted by atomic mass is 32.2. The molecule has 0 spiro atoms. The lowest BCUT2D eigenvalue weighted by atomic mass is 10.1. The van der Waals surface area contributed by atoms with Gasteiger partial charge in [0.1, 0.15) is 0 Å². The van der Waals surface area contributed by atoms with Gasteiger partial charge in [-0.25, -0.2) is 0 Å². The van der Waals surface area contributed by atoms with Crippen LogP contribution in [-0.2, 0) is 4.74 Å².